The first-order valence-corrected chi connectivity index (χ1v) is 7.12. The van der Waals surface area contributed by atoms with Gasteiger partial charge in [0.2, 0.25) is 0 Å². The number of likely N-dealkylation sites (tertiary alicyclic amines) is 1. The third-order valence-electron chi connectivity index (χ3n) is 3.77. The Morgan fingerprint density at radius 1 is 1.28 bits per heavy atom. The number of nitrogens with one attached hydrogen (secondary N) is 2. The van der Waals surface area contributed by atoms with Crippen LogP contribution in [-0.4, -0.2) is 49.6 Å². The molecule has 0 radical (unpaired) electrons. The summed E-state index contributed by atoms with van der Waals surface area (Å²) in [4.78, 5) is 7.05. The van der Waals surface area contributed by atoms with Crippen LogP contribution in [-0.2, 0) is 0 Å². The Bertz CT molecular complexity index is 251. The fourth-order valence-electron chi connectivity index (χ4n) is 2.59. The predicted molar refractivity (Wildman–Crippen MR) is 87.8 cm³/mol. The lowest BCUT2D eigenvalue weighted by molar-refractivity contribution is 0.167. The number of aliphatic imine (C=N–C) groups is 1. The number of rotatable bonds is 4. The van der Waals surface area contributed by atoms with Gasteiger partial charge in [-0.05, 0) is 45.7 Å². The minimum absolute atomic E-state index is 0. The molecule has 106 valence electrons. The fourth-order valence-corrected chi connectivity index (χ4v) is 2.59. The zero-order valence-corrected chi connectivity index (χ0v) is 13.8. The maximum atomic E-state index is 4.42. The molecule has 0 saturated carbocycles. The molecule has 1 saturated heterocycles. The first-order valence-electron chi connectivity index (χ1n) is 7.12. The molecule has 2 heterocycles. The Morgan fingerprint density at radius 2 is 2.06 bits per heavy atom. The van der Waals surface area contributed by atoms with Gasteiger partial charge in [0.15, 0.2) is 5.96 Å². The van der Waals surface area contributed by atoms with Crippen LogP contribution in [0.1, 0.15) is 39.0 Å². The Kier molecular flexibility index (Phi) is 7.97. The maximum absolute atomic E-state index is 4.42. The van der Waals surface area contributed by atoms with Gasteiger partial charge in [-0.1, -0.05) is 6.42 Å². The van der Waals surface area contributed by atoms with E-state index < -0.39 is 0 Å². The number of piperidine rings is 1. The molecule has 2 N–H and O–H groups in total. The van der Waals surface area contributed by atoms with E-state index in [2.05, 4.69) is 27.4 Å². The van der Waals surface area contributed by atoms with Crippen molar-refractivity contribution in [2.45, 2.75) is 45.1 Å². The Labute approximate surface area is 128 Å². The average molecular weight is 366 g/mol. The zero-order chi connectivity index (χ0) is 11.9. The summed E-state index contributed by atoms with van der Waals surface area (Å²) in [5, 5.41) is 6.70. The van der Waals surface area contributed by atoms with Gasteiger partial charge in [0.25, 0.3) is 0 Å². The van der Waals surface area contributed by atoms with Crippen molar-refractivity contribution in [2.24, 2.45) is 4.99 Å². The molecule has 2 aliphatic heterocycles. The van der Waals surface area contributed by atoms with Crippen LogP contribution in [0.15, 0.2) is 4.99 Å². The molecule has 0 spiro atoms. The third kappa shape index (κ3) is 5.30. The molecule has 0 aromatic rings. The van der Waals surface area contributed by atoms with Crippen LogP contribution in [0.25, 0.3) is 0 Å². The quantitative estimate of drug-likeness (QED) is 0.746. The summed E-state index contributed by atoms with van der Waals surface area (Å²) in [6, 6.07) is 0.701. The fraction of sp³-hybridized carbons (Fsp3) is 0.923. The van der Waals surface area contributed by atoms with Crippen molar-refractivity contribution in [3.05, 3.63) is 0 Å². The lowest BCUT2D eigenvalue weighted by Crippen LogP contribution is -2.43. The highest BCUT2D eigenvalue weighted by atomic mass is 127. The highest BCUT2D eigenvalue weighted by Crippen LogP contribution is 2.13. The smallest absolute Gasteiger partial charge is 0.191 e. The molecule has 0 aliphatic carbocycles. The number of guanidine groups is 1. The standard InChI is InChI=1S/C13H26N4.HI/c1-12(17-10-3-2-4-11-17)6-9-16-13-14-7-5-8-15-13;/h12H,2-11H2,1H3,(H2,14,15,16);1H. The van der Waals surface area contributed by atoms with Crippen molar-refractivity contribution in [3.63, 3.8) is 0 Å². The molecule has 0 bridgehead atoms. The molecule has 2 rings (SSSR count). The van der Waals surface area contributed by atoms with Crippen LogP contribution in [0, 0.1) is 0 Å². The second-order valence-corrected chi connectivity index (χ2v) is 5.17. The maximum Gasteiger partial charge on any atom is 0.191 e. The summed E-state index contributed by atoms with van der Waals surface area (Å²) in [6.45, 7) is 8.00. The zero-order valence-electron chi connectivity index (χ0n) is 11.5. The summed E-state index contributed by atoms with van der Waals surface area (Å²) in [7, 11) is 0. The van der Waals surface area contributed by atoms with Crippen LogP contribution in [0.5, 0.6) is 0 Å². The van der Waals surface area contributed by atoms with Gasteiger partial charge in [0.05, 0.1) is 0 Å². The van der Waals surface area contributed by atoms with E-state index in [-0.39, 0.29) is 24.0 Å². The molecule has 4 nitrogen and oxygen atoms in total. The van der Waals surface area contributed by atoms with Gasteiger partial charge in [-0.2, -0.15) is 0 Å². The topological polar surface area (TPSA) is 39.7 Å². The van der Waals surface area contributed by atoms with Gasteiger partial charge >= 0.3 is 0 Å². The van der Waals surface area contributed by atoms with Gasteiger partial charge in [-0.25, -0.2) is 0 Å². The SMILES string of the molecule is CC(CCNC1=NCCCN1)N1CCCCC1.I. The molecular formula is C13H27IN4. The minimum Gasteiger partial charge on any atom is -0.356 e. The van der Waals surface area contributed by atoms with E-state index in [1.165, 1.54) is 38.8 Å². The van der Waals surface area contributed by atoms with E-state index in [1.807, 2.05) is 0 Å². The normalized spacial score (nSPS) is 22.4. The molecule has 1 fully saturated rings. The molecule has 0 aromatic carbocycles. The number of halogens is 1. The van der Waals surface area contributed by atoms with Crippen LogP contribution in [0.3, 0.4) is 0 Å². The van der Waals surface area contributed by atoms with Crippen LogP contribution >= 0.6 is 24.0 Å². The molecular weight excluding hydrogens is 339 g/mol. The van der Waals surface area contributed by atoms with E-state index in [0.29, 0.717) is 6.04 Å². The van der Waals surface area contributed by atoms with E-state index in [0.717, 1.165) is 32.0 Å². The van der Waals surface area contributed by atoms with Crippen LogP contribution in [0.2, 0.25) is 0 Å². The predicted octanol–water partition coefficient (Wildman–Crippen LogP) is 1.81. The second-order valence-electron chi connectivity index (χ2n) is 5.17. The van der Waals surface area contributed by atoms with Crippen molar-refractivity contribution in [1.29, 1.82) is 0 Å². The Hall–Kier alpha value is -0.0400. The second kappa shape index (κ2) is 8.96. The Morgan fingerprint density at radius 3 is 2.72 bits per heavy atom. The van der Waals surface area contributed by atoms with Gasteiger partial charge in [-0.15, -0.1) is 24.0 Å². The van der Waals surface area contributed by atoms with E-state index >= 15 is 0 Å². The van der Waals surface area contributed by atoms with Crippen molar-refractivity contribution in [2.75, 3.05) is 32.7 Å². The summed E-state index contributed by atoms with van der Waals surface area (Å²) < 4.78 is 0. The Balaban J connectivity index is 0.00000162. The number of nitrogens with zero attached hydrogens (tertiary/aromatic N) is 2. The molecule has 0 amide bonds. The minimum atomic E-state index is 0. The number of hydrogen-bond acceptors (Lipinski definition) is 4. The first-order chi connectivity index (χ1) is 8.36. The van der Waals surface area contributed by atoms with Crippen molar-refractivity contribution < 1.29 is 0 Å². The van der Waals surface area contributed by atoms with Gasteiger partial charge in [-0.3, -0.25) is 4.99 Å². The summed E-state index contributed by atoms with van der Waals surface area (Å²) in [6.07, 6.45) is 6.55. The van der Waals surface area contributed by atoms with Gasteiger partial charge < -0.3 is 15.5 Å². The van der Waals surface area contributed by atoms with Gasteiger partial charge in [0.1, 0.15) is 0 Å². The highest BCUT2D eigenvalue weighted by molar-refractivity contribution is 14.0. The van der Waals surface area contributed by atoms with E-state index in [4.69, 9.17) is 0 Å². The molecule has 5 heteroatoms. The molecule has 18 heavy (non-hydrogen) atoms. The average Bonchev–Trinajstić information content (AvgIpc) is 2.41. The van der Waals surface area contributed by atoms with Crippen molar-refractivity contribution in [3.8, 4) is 0 Å². The number of hydrogen-bond donors (Lipinski definition) is 2. The summed E-state index contributed by atoms with van der Waals surface area (Å²) in [5.41, 5.74) is 0. The largest absolute Gasteiger partial charge is 0.356 e. The highest BCUT2D eigenvalue weighted by Gasteiger charge is 2.16. The lowest BCUT2D eigenvalue weighted by atomic mass is 10.1. The summed E-state index contributed by atoms with van der Waals surface area (Å²) in [5.74, 6) is 1.00. The van der Waals surface area contributed by atoms with E-state index in [1.54, 1.807) is 0 Å². The van der Waals surface area contributed by atoms with Crippen molar-refractivity contribution in [1.82, 2.24) is 15.5 Å². The molecule has 1 atom stereocenters. The van der Waals surface area contributed by atoms with Crippen LogP contribution < -0.4 is 10.6 Å². The molecule has 1 unspecified atom stereocenters. The van der Waals surface area contributed by atoms with Crippen LogP contribution in [0.4, 0.5) is 0 Å². The van der Waals surface area contributed by atoms with Crippen molar-refractivity contribution >= 4 is 29.9 Å². The molecule has 0 aromatic heterocycles. The first kappa shape index (κ1) is 16.0. The third-order valence-corrected chi connectivity index (χ3v) is 3.77. The van der Waals surface area contributed by atoms with Gasteiger partial charge in [0, 0.05) is 25.7 Å². The van der Waals surface area contributed by atoms with E-state index in [9.17, 15) is 0 Å². The lowest BCUT2D eigenvalue weighted by Gasteiger charge is -2.32. The monoisotopic (exact) mass is 366 g/mol. The summed E-state index contributed by atoms with van der Waals surface area (Å²) >= 11 is 0. The molecule has 2 aliphatic rings.